The van der Waals surface area contributed by atoms with Crippen LogP contribution in [0.25, 0.3) is 0 Å². The molecule has 0 aromatic heterocycles. The highest BCUT2D eigenvalue weighted by Gasteiger charge is 2.26. The first-order valence-corrected chi connectivity index (χ1v) is 4.91. The molecule has 0 unspecified atom stereocenters. The van der Waals surface area contributed by atoms with E-state index >= 15 is 0 Å². The summed E-state index contributed by atoms with van der Waals surface area (Å²) in [5.41, 5.74) is 0. The van der Waals surface area contributed by atoms with E-state index in [1.807, 2.05) is 0 Å². The Hall–Kier alpha value is -0.900. The maximum Gasteiger partial charge on any atom is 0.220 e. The Labute approximate surface area is 84.7 Å². The van der Waals surface area contributed by atoms with Crippen LogP contribution in [0.2, 0.25) is 0 Å². The summed E-state index contributed by atoms with van der Waals surface area (Å²) in [6, 6.07) is -0.776. The van der Waals surface area contributed by atoms with E-state index in [0.717, 1.165) is 0 Å². The number of hydrogen-bond donors (Lipinski definition) is 2. The highest BCUT2D eigenvalue weighted by atomic mass is 16.3. The number of Topliss-reactive ketones (excluding diaryl/α,β-unsaturated/α-hetero) is 1. The number of aliphatic hydroxyl groups excluding tert-OH is 1. The molecule has 0 aliphatic heterocycles. The van der Waals surface area contributed by atoms with Crippen LogP contribution >= 0.6 is 0 Å². The van der Waals surface area contributed by atoms with Crippen LogP contribution in [0.4, 0.5) is 0 Å². The lowest BCUT2D eigenvalue weighted by Gasteiger charge is -2.21. The van der Waals surface area contributed by atoms with Gasteiger partial charge in [0.25, 0.3) is 0 Å². The van der Waals surface area contributed by atoms with Crippen molar-refractivity contribution in [3.05, 3.63) is 0 Å². The summed E-state index contributed by atoms with van der Waals surface area (Å²) < 4.78 is 0. The van der Waals surface area contributed by atoms with E-state index < -0.39 is 12.1 Å². The van der Waals surface area contributed by atoms with E-state index in [0.29, 0.717) is 6.42 Å². The third-order valence-electron chi connectivity index (χ3n) is 2.00. The smallest absolute Gasteiger partial charge is 0.220 e. The average Bonchev–Trinajstić information content (AvgIpc) is 2.11. The zero-order chi connectivity index (χ0) is 11.3. The lowest BCUT2D eigenvalue weighted by Crippen LogP contribution is -2.49. The lowest BCUT2D eigenvalue weighted by molar-refractivity contribution is -0.131. The molecule has 4 heteroatoms. The van der Waals surface area contributed by atoms with E-state index in [-0.39, 0.29) is 17.6 Å². The first-order valence-electron chi connectivity index (χ1n) is 4.91. The molecule has 1 amide bonds. The molecule has 0 spiro atoms. The first-order chi connectivity index (χ1) is 6.40. The molecule has 0 aromatic rings. The number of aliphatic hydroxyl groups is 1. The van der Waals surface area contributed by atoms with Gasteiger partial charge in [0, 0.05) is 12.3 Å². The Bertz CT molecular complexity index is 211. The molecule has 0 bridgehead atoms. The molecule has 0 fully saturated rings. The molecular weight excluding hydrogens is 182 g/mol. The lowest BCUT2D eigenvalue weighted by atomic mass is 9.98. The van der Waals surface area contributed by atoms with Crippen molar-refractivity contribution in [3.63, 3.8) is 0 Å². The van der Waals surface area contributed by atoms with Crippen molar-refractivity contribution in [2.45, 2.75) is 46.3 Å². The summed E-state index contributed by atoms with van der Waals surface area (Å²) in [4.78, 5) is 22.6. The van der Waals surface area contributed by atoms with Crippen molar-refractivity contribution in [3.8, 4) is 0 Å². The number of ketones is 1. The van der Waals surface area contributed by atoms with E-state index in [1.165, 1.54) is 6.92 Å². The second-order valence-electron chi connectivity index (χ2n) is 3.70. The van der Waals surface area contributed by atoms with Gasteiger partial charge in [-0.3, -0.25) is 9.59 Å². The minimum absolute atomic E-state index is 0.137. The minimum atomic E-state index is -0.847. The van der Waals surface area contributed by atoms with E-state index in [2.05, 4.69) is 5.32 Å². The van der Waals surface area contributed by atoms with Crippen LogP contribution in [0, 0.1) is 5.92 Å². The van der Waals surface area contributed by atoms with Crippen molar-refractivity contribution < 1.29 is 14.7 Å². The number of rotatable bonds is 5. The standard InChI is InChI=1S/C10H19NO3/c1-5-8(13)11-9(7(4)12)10(14)6(2)3/h6-7,9,12H,5H2,1-4H3,(H,11,13)/t7-,9+/m1/s1. The Morgan fingerprint density at radius 3 is 2.07 bits per heavy atom. The Kier molecular flexibility index (Phi) is 5.38. The highest BCUT2D eigenvalue weighted by molar-refractivity contribution is 5.90. The second kappa shape index (κ2) is 5.75. The van der Waals surface area contributed by atoms with Crippen LogP contribution in [0.3, 0.4) is 0 Å². The fraction of sp³-hybridized carbons (Fsp3) is 0.800. The quantitative estimate of drug-likeness (QED) is 0.680. The van der Waals surface area contributed by atoms with Gasteiger partial charge in [0.2, 0.25) is 5.91 Å². The molecule has 0 heterocycles. The van der Waals surface area contributed by atoms with E-state index in [9.17, 15) is 14.7 Å². The molecule has 14 heavy (non-hydrogen) atoms. The molecule has 0 rings (SSSR count). The number of carbonyl (C=O) groups is 2. The van der Waals surface area contributed by atoms with Crippen LogP contribution in [0.15, 0.2) is 0 Å². The van der Waals surface area contributed by atoms with Crippen LogP contribution < -0.4 is 5.32 Å². The van der Waals surface area contributed by atoms with Crippen molar-refractivity contribution in [2.24, 2.45) is 5.92 Å². The molecule has 0 aliphatic rings. The first kappa shape index (κ1) is 13.1. The van der Waals surface area contributed by atoms with Gasteiger partial charge >= 0.3 is 0 Å². The van der Waals surface area contributed by atoms with Crippen LogP contribution in [-0.4, -0.2) is 28.9 Å². The van der Waals surface area contributed by atoms with Crippen LogP contribution in [0.5, 0.6) is 0 Å². The SMILES string of the molecule is CCC(=O)N[C@H](C(=O)C(C)C)[C@@H](C)O. The van der Waals surface area contributed by atoms with Gasteiger partial charge in [0.15, 0.2) is 5.78 Å². The zero-order valence-corrected chi connectivity index (χ0v) is 9.20. The van der Waals surface area contributed by atoms with Gasteiger partial charge in [0.1, 0.15) is 6.04 Å². The van der Waals surface area contributed by atoms with Gasteiger partial charge in [-0.2, -0.15) is 0 Å². The van der Waals surface area contributed by atoms with Crippen LogP contribution in [-0.2, 0) is 9.59 Å². The van der Waals surface area contributed by atoms with E-state index in [4.69, 9.17) is 0 Å². The highest BCUT2D eigenvalue weighted by Crippen LogP contribution is 2.04. The predicted molar refractivity (Wildman–Crippen MR) is 53.7 cm³/mol. The summed E-state index contributed by atoms with van der Waals surface area (Å²) in [5, 5.41) is 11.8. The van der Waals surface area contributed by atoms with Crippen molar-refractivity contribution in [1.82, 2.24) is 5.32 Å². The molecule has 82 valence electrons. The maximum atomic E-state index is 11.6. The van der Waals surface area contributed by atoms with Crippen LogP contribution in [0.1, 0.15) is 34.1 Å². The zero-order valence-electron chi connectivity index (χ0n) is 9.20. The summed E-state index contributed by atoms with van der Waals surface area (Å²) in [6.45, 7) is 6.70. The summed E-state index contributed by atoms with van der Waals surface area (Å²) >= 11 is 0. The molecule has 0 radical (unpaired) electrons. The molecule has 0 aliphatic carbocycles. The van der Waals surface area contributed by atoms with Crippen molar-refractivity contribution >= 4 is 11.7 Å². The van der Waals surface area contributed by atoms with Crippen molar-refractivity contribution in [2.75, 3.05) is 0 Å². The Morgan fingerprint density at radius 2 is 1.79 bits per heavy atom. The number of amides is 1. The number of nitrogens with one attached hydrogen (secondary N) is 1. The third kappa shape index (κ3) is 3.87. The third-order valence-corrected chi connectivity index (χ3v) is 2.00. The molecule has 2 atom stereocenters. The van der Waals surface area contributed by atoms with Gasteiger partial charge in [-0.25, -0.2) is 0 Å². The van der Waals surface area contributed by atoms with Crippen molar-refractivity contribution in [1.29, 1.82) is 0 Å². The molecule has 4 nitrogen and oxygen atoms in total. The summed E-state index contributed by atoms with van der Waals surface area (Å²) in [6.07, 6.45) is -0.533. The molecule has 0 saturated heterocycles. The average molecular weight is 201 g/mol. The molecule has 0 saturated carbocycles. The number of hydrogen-bond acceptors (Lipinski definition) is 3. The maximum absolute atomic E-state index is 11.6. The fourth-order valence-corrected chi connectivity index (χ4v) is 1.06. The van der Waals surface area contributed by atoms with Gasteiger partial charge in [-0.15, -0.1) is 0 Å². The fourth-order valence-electron chi connectivity index (χ4n) is 1.06. The van der Waals surface area contributed by atoms with Gasteiger partial charge < -0.3 is 10.4 Å². The largest absolute Gasteiger partial charge is 0.391 e. The monoisotopic (exact) mass is 201 g/mol. The normalized spacial score (nSPS) is 15.0. The molecule has 0 aromatic carbocycles. The Balaban J connectivity index is 4.45. The summed E-state index contributed by atoms with van der Waals surface area (Å²) in [5.74, 6) is -0.543. The predicted octanol–water partition coefficient (Wildman–Crippen LogP) is 0.487. The second-order valence-corrected chi connectivity index (χ2v) is 3.70. The van der Waals surface area contributed by atoms with Gasteiger partial charge in [-0.1, -0.05) is 20.8 Å². The topological polar surface area (TPSA) is 66.4 Å². The molecule has 2 N–H and O–H groups in total. The van der Waals surface area contributed by atoms with Gasteiger partial charge in [-0.05, 0) is 6.92 Å². The Morgan fingerprint density at radius 1 is 1.29 bits per heavy atom. The molecular formula is C10H19NO3. The number of carbonyl (C=O) groups excluding carboxylic acids is 2. The van der Waals surface area contributed by atoms with E-state index in [1.54, 1.807) is 20.8 Å². The summed E-state index contributed by atoms with van der Waals surface area (Å²) in [7, 11) is 0. The minimum Gasteiger partial charge on any atom is -0.391 e. The van der Waals surface area contributed by atoms with Gasteiger partial charge in [0.05, 0.1) is 6.10 Å².